The minimum atomic E-state index is -0.305. The molecule has 0 saturated heterocycles. The first-order chi connectivity index (χ1) is 13.2. The maximum atomic E-state index is 12.7. The molecule has 7 heteroatoms. The summed E-state index contributed by atoms with van der Waals surface area (Å²) in [6.45, 7) is 3.92. The number of hydrogen-bond acceptors (Lipinski definition) is 2. The van der Waals surface area contributed by atoms with Gasteiger partial charge in [-0.25, -0.2) is 0 Å². The first-order valence-electron chi connectivity index (χ1n) is 8.81. The molecular weight excluding hydrogens is 397 g/mol. The third-order valence-corrected chi connectivity index (χ3v) is 5.35. The van der Waals surface area contributed by atoms with Crippen LogP contribution in [0.4, 0.5) is 5.69 Å². The number of H-pyrrole nitrogens is 1. The van der Waals surface area contributed by atoms with Crippen molar-refractivity contribution in [3.05, 3.63) is 63.3 Å². The maximum Gasteiger partial charge on any atom is 0.243 e. The Morgan fingerprint density at radius 3 is 2.54 bits per heavy atom. The average Bonchev–Trinajstić information content (AvgIpc) is 2.93. The second-order valence-electron chi connectivity index (χ2n) is 6.88. The van der Waals surface area contributed by atoms with Crippen LogP contribution in [0.2, 0.25) is 10.0 Å². The highest BCUT2D eigenvalue weighted by atomic mass is 35.5. The lowest BCUT2D eigenvalue weighted by Gasteiger charge is -2.17. The fourth-order valence-corrected chi connectivity index (χ4v) is 3.39. The van der Waals surface area contributed by atoms with Gasteiger partial charge in [-0.1, -0.05) is 34.8 Å². The molecule has 0 atom stereocenters. The summed E-state index contributed by atoms with van der Waals surface area (Å²) in [7, 11) is 1.62. The zero-order chi connectivity index (χ0) is 20.4. The lowest BCUT2D eigenvalue weighted by atomic mass is 10.1. The second-order valence-corrected chi connectivity index (χ2v) is 7.70. The quantitative estimate of drug-likeness (QED) is 0.629. The molecule has 28 heavy (non-hydrogen) atoms. The van der Waals surface area contributed by atoms with Crippen molar-refractivity contribution in [3.8, 4) is 0 Å². The topological polar surface area (TPSA) is 65.2 Å². The number of nitrogens with zero attached hydrogens (tertiary/aromatic N) is 1. The number of aromatic amines is 1. The maximum absolute atomic E-state index is 12.7. The largest absolute Gasteiger partial charge is 0.358 e. The zero-order valence-corrected chi connectivity index (χ0v) is 17.4. The van der Waals surface area contributed by atoms with E-state index in [1.807, 2.05) is 26.0 Å². The van der Waals surface area contributed by atoms with E-state index >= 15 is 0 Å². The van der Waals surface area contributed by atoms with E-state index in [1.54, 1.807) is 25.2 Å². The molecule has 0 aliphatic rings. The van der Waals surface area contributed by atoms with E-state index in [4.69, 9.17) is 23.2 Å². The number of amides is 2. The fraction of sp³-hybridized carbons (Fsp3) is 0.238. The summed E-state index contributed by atoms with van der Waals surface area (Å²) in [5, 5.41) is 4.53. The molecule has 3 aromatic rings. The van der Waals surface area contributed by atoms with Crippen molar-refractivity contribution >= 4 is 51.6 Å². The Hall–Kier alpha value is -2.50. The lowest BCUT2D eigenvalue weighted by Crippen LogP contribution is -2.35. The van der Waals surface area contributed by atoms with E-state index in [0.29, 0.717) is 15.7 Å². The monoisotopic (exact) mass is 417 g/mol. The Morgan fingerprint density at radius 1 is 1.07 bits per heavy atom. The van der Waals surface area contributed by atoms with Gasteiger partial charge in [-0.2, -0.15) is 0 Å². The molecule has 1 heterocycles. The number of nitrogens with one attached hydrogen (secondary N) is 2. The Labute approximate surface area is 173 Å². The Kier molecular flexibility index (Phi) is 5.96. The Morgan fingerprint density at radius 2 is 1.82 bits per heavy atom. The Balaban J connectivity index is 1.66. The summed E-state index contributed by atoms with van der Waals surface area (Å²) < 4.78 is 0. The number of rotatable bonds is 5. The molecule has 5 nitrogen and oxygen atoms in total. The van der Waals surface area contributed by atoms with Gasteiger partial charge in [0, 0.05) is 29.3 Å². The van der Waals surface area contributed by atoms with Crippen molar-refractivity contribution in [2.45, 2.75) is 20.3 Å². The number of hydrogen-bond donors (Lipinski definition) is 2. The van der Waals surface area contributed by atoms with Gasteiger partial charge in [0.25, 0.3) is 0 Å². The van der Waals surface area contributed by atoms with Crippen LogP contribution < -0.4 is 5.32 Å². The van der Waals surface area contributed by atoms with Gasteiger partial charge in [0.05, 0.1) is 23.0 Å². The van der Waals surface area contributed by atoms with Gasteiger partial charge in [-0.3, -0.25) is 9.59 Å². The third-order valence-electron chi connectivity index (χ3n) is 4.61. The molecule has 0 bridgehead atoms. The normalized spacial score (nSPS) is 10.9. The van der Waals surface area contributed by atoms with Crippen LogP contribution in [0.15, 0.2) is 36.4 Å². The van der Waals surface area contributed by atoms with E-state index in [-0.39, 0.29) is 24.8 Å². The molecule has 2 N–H and O–H groups in total. The van der Waals surface area contributed by atoms with Crippen molar-refractivity contribution in [2.24, 2.45) is 0 Å². The number of aryl methyl sites for hydroxylation is 2. The number of halogens is 2. The van der Waals surface area contributed by atoms with Crippen molar-refractivity contribution in [1.29, 1.82) is 0 Å². The molecule has 0 unspecified atom stereocenters. The minimum Gasteiger partial charge on any atom is -0.358 e. The predicted octanol–water partition coefficient (Wildman–Crippen LogP) is 4.73. The van der Waals surface area contributed by atoms with Crippen molar-refractivity contribution in [3.63, 3.8) is 0 Å². The van der Waals surface area contributed by atoms with Gasteiger partial charge in [-0.15, -0.1) is 0 Å². The lowest BCUT2D eigenvalue weighted by molar-refractivity contribution is -0.132. The Bertz CT molecular complexity index is 1060. The summed E-state index contributed by atoms with van der Waals surface area (Å²) in [4.78, 5) is 29.7. The van der Waals surface area contributed by atoms with E-state index in [1.165, 1.54) is 4.90 Å². The number of anilines is 1. The zero-order valence-electron chi connectivity index (χ0n) is 15.9. The minimum absolute atomic E-state index is 0.0560. The number of aromatic nitrogens is 1. The summed E-state index contributed by atoms with van der Waals surface area (Å²) in [5.41, 5.74) is 4.59. The molecule has 2 amide bonds. The van der Waals surface area contributed by atoms with Crippen LogP contribution in [0, 0.1) is 13.8 Å². The molecule has 2 aromatic carbocycles. The number of carbonyl (C=O) groups is 2. The van der Waals surface area contributed by atoms with Gasteiger partial charge in [0.2, 0.25) is 11.8 Å². The fourth-order valence-electron chi connectivity index (χ4n) is 3.09. The van der Waals surface area contributed by atoms with Crippen LogP contribution in [0.5, 0.6) is 0 Å². The molecule has 0 saturated carbocycles. The van der Waals surface area contributed by atoms with Gasteiger partial charge < -0.3 is 15.2 Å². The van der Waals surface area contributed by atoms with E-state index in [9.17, 15) is 9.59 Å². The summed E-state index contributed by atoms with van der Waals surface area (Å²) in [6.07, 6.45) is 0.228. The molecular formula is C21H21Cl2N3O2. The summed E-state index contributed by atoms with van der Waals surface area (Å²) >= 11 is 11.8. The van der Waals surface area contributed by atoms with Crippen molar-refractivity contribution < 1.29 is 9.59 Å². The highest BCUT2D eigenvalue weighted by Gasteiger charge is 2.18. The first kappa shape index (κ1) is 20.2. The van der Waals surface area contributed by atoms with Crippen LogP contribution in [0.3, 0.4) is 0 Å². The standard InChI is InChI=1S/C21H21Cl2N3O2/c1-12-4-7-19-16(8-12)15(13(2)24-19)10-21(28)26(3)11-20(27)25-14-5-6-17(22)18(23)9-14/h4-9,24H,10-11H2,1-3H3,(H,25,27). The predicted molar refractivity (Wildman–Crippen MR) is 114 cm³/mol. The smallest absolute Gasteiger partial charge is 0.243 e. The van der Waals surface area contributed by atoms with Gasteiger partial charge in [0.1, 0.15) is 0 Å². The number of fused-ring (bicyclic) bond motifs is 1. The van der Waals surface area contributed by atoms with Crippen molar-refractivity contribution in [2.75, 3.05) is 18.9 Å². The van der Waals surface area contributed by atoms with Crippen LogP contribution in [-0.2, 0) is 16.0 Å². The summed E-state index contributed by atoms with van der Waals surface area (Å²) in [6, 6.07) is 10.9. The number of benzene rings is 2. The number of carbonyl (C=O) groups excluding carboxylic acids is 2. The van der Waals surface area contributed by atoms with Crippen LogP contribution >= 0.6 is 23.2 Å². The van der Waals surface area contributed by atoms with E-state index < -0.39 is 0 Å². The third kappa shape index (κ3) is 4.49. The molecule has 146 valence electrons. The molecule has 0 aliphatic carbocycles. The number of likely N-dealkylation sites (N-methyl/N-ethyl adjacent to an activating group) is 1. The highest BCUT2D eigenvalue weighted by molar-refractivity contribution is 6.42. The molecule has 1 aromatic heterocycles. The molecule has 0 aliphatic heterocycles. The molecule has 0 radical (unpaired) electrons. The highest BCUT2D eigenvalue weighted by Crippen LogP contribution is 2.25. The van der Waals surface area contributed by atoms with Crippen LogP contribution in [-0.4, -0.2) is 35.3 Å². The van der Waals surface area contributed by atoms with Crippen LogP contribution in [0.25, 0.3) is 10.9 Å². The van der Waals surface area contributed by atoms with Gasteiger partial charge in [0.15, 0.2) is 0 Å². The van der Waals surface area contributed by atoms with E-state index in [2.05, 4.69) is 16.4 Å². The molecule has 0 fully saturated rings. The molecule has 0 spiro atoms. The summed E-state index contributed by atoms with van der Waals surface area (Å²) in [5.74, 6) is -0.435. The van der Waals surface area contributed by atoms with Crippen LogP contribution in [0.1, 0.15) is 16.8 Å². The molecule has 3 rings (SSSR count). The van der Waals surface area contributed by atoms with Crippen molar-refractivity contribution in [1.82, 2.24) is 9.88 Å². The van der Waals surface area contributed by atoms with Gasteiger partial charge in [-0.05, 0) is 49.7 Å². The second kappa shape index (κ2) is 8.25. The average molecular weight is 418 g/mol. The van der Waals surface area contributed by atoms with E-state index in [0.717, 1.165) is 27.7 Å². The SMILES string of the molecule is Cc1ccc2[nH]c(C)c(CC(=O)N(C)CC(=O)Nc3ccc(Cl)c(Cl)c3)c2c1. The first-order valence-corrected chi connectivity index (χ1v) is 9.57. The van der Waals surface area contributed by atoms with Gasteiger partial charge >= 0.3 is 0 Å².